The summed E-state index contributed by atoms with van der Waals surface area (Å²) in [5.74, 6) is 1.67. The van der Waals surface area contributed by atoms with Crippen LogP contribution in [0.25, 0.3) is 0 Å². The van der Waals surface area contributed by atoms with Crippen molar-refractivity contribution in [1.82, 2.24) is 25.6 Å². The third-order valence-electron chi connectivity index (χ3n) is 4.27. The number of aryl methyl sites for hydroxylation is 1. The molecule has 1 aliphatic rings. The van der Waals surface area contributed by atoms with Gasteiger partial charge in [-0.3, -0.25) is 14.7 Å². The van der Waals surface area contributed by atoms with Crippen molar-refractivity contribution in [3.05, 3.63) is 17.5 Å². The highest BCUT2D eigenvalue weighted by Gasteiger charge is 2.21. The fourth-order valence-electron chi connectivity index (χ4n) is 2.77. The molecular weight excluding hydrogens is 336 g/mol. The Labute approximate surface area is 154 Å². The van der Waals surface area contributed by atoms with Gasteiger partial charge in [0.1, 0.15) is 0 Å². The smallest absolute Gasteiger partial charge is 0.234 e. The van der Waals surface area contributed by atoms with Crippen LogP contribution >= 0.6 is 0 Å². The van der Waals surface area contributed by atoms with Crippen LogP contribution in [0.2, 0.25) is 0 Å². The predicted molar refractivity (Wildman–Crippen MR) is 99.0 cm³/mol. The van der Waals surface area contributed by atoms with E-state index in [1.165, 1.54) is 0 Å². The maximum Gasteiger partial charge on any atom is 0.234 e. The van der Waals surface area contributed by atoms with Gasteiger partial charge >= 0.3 is 0 Å². The maximum absolute atomic E-state index is 11.9. The number of carbonyl (C=O) groups excluding carboxylic acids is 1. The van der Waals surface area contributed by atoms with E-state index in [0.717, 1.165) is 50.0 Å². The lowest BCUT2D eigenvalue weighted by Gasteiger charge is -2.36. The molecule has 2 rings (SSSR count). The van der Waals surface area contributed by atoms with Crippen LogP contribution in [0.5, 0.6) is 0 Å². The number of hydrogen-bond donors (Lipinski definition) is 2. The second kappa shape index (κ2) is 10.8. The van der Waals surface area contributed by atoms with Gasteiger partial charge in [-0.15, -0.1) is 0 Å². The fraction of sp³-hybridized carbons (Fsp3) is 0.706. The molecule has 9 heteroatoms. The molecular formula is C17H30N6O3. The highest BCUT2D eigenvalue weighted by Crippen LogP contribution is 2.05. The van der Waals surface area contributed by atoms with Gasteiger partial charge in [-0.05, 0) is 6.42 Å². The number of aliphatic imine (C=N–C) groups is 1. The predicted octanol–water partition coefficient (Wildman–Crippen LogP) is -0.307. The van der Waals surface area contributed by atoms with Gasteiger partial charge in [-0.1, -0.05) is 12.1 Å². The number of aromatic nitrogens is 1. The van der Waals surface area contributed by atoms with Crippen molar-refractivity contribution in [2.75, 3.05) is 60.0 Å². The van der Waals surface area contributed by atoms with Crippen molar-refractivity contribution in [1.29, 1.82) is 0 Å². The number of nitrogens with one attached hydrogen (secondary N) is 2. The molecule has 0 aliphatic carbocycles. The van der Waals surface area contributed by atoms with Crippen molar-refractivity contribution in [2.24, 2.45) is 4.99 Å². The van der Waals surface area contributed by atoms with Crippen molar-refractivity contribution in [3.63, 3.8) is 0 Å². The van der Waals surface area contributed by atoms with Crippen LogP contribution in [0.1, 0.15) is 18.4 Å². The van der Waals surface area contributed by atoms with Gasteiger partial charge in [0.05, 0.1) is 25.4 Å². The molecule has 0 radical (unpaired) electrons. The molecule has 1 fully saturated rings. The van der Waals surface area contributed by atoms with Gasteiger partial charge in [-0.2, -0.15) is 0 Å². The summed E-state index contributed by atoms with van der Waals surface area (Å²) in [5.41, 5.74) is 0.953. The van der Waals surface area contributed by atoms with Crippen LogP contribution in [0, 0.1) is 0 Å². The van der Waals surface area contributed by atoms with E-state index < -0.39 is 0 Å². The number of ether oxygens (including phenoxy) is 1. The molecule has 0 aromatic carbocycles. The number of rotatable bonds is 8. The van der Waals surface area contributed by atoms with Crippen molar-refractivity contribution >= 4 is 11.9 Å². The van der Waals surface area contributed by atoms with Gasteiger partial charge in [-0.25, -0.2) is 0 Å². The molecule has 2 heterocycles. The summed E-state index contributed by atoms with van der Waals surface area (Å²) in [6.07, 6.45) is 0.860. The lowest BCUT2D eigenvalue weighted by Crippen LogP contribution is -2.54. The number of guanidine groups is 1. The molecule has 146 valence electrons. The van der Waals surface area contributed by atoms with E-state index in [-0.39, 0.29) is 5.91 Å². The van der Waals surface area contributed by atoms with Gasteiger partial charge in [0.2, 0.25) is 5.91 Å². The summed E-state index contributed by atoms with van der Waals surface area (Å²) in [4.78, 5) is 20.6. The number of amides is 1. The molecule has 1 amide bonds. The minimum absolute atomic E-state index is 0.0371. The van der Waals surface area contributed by atoms with Gasteiger partial charge in [0.15, 0.2) is 11.7 Å². The molecule has 1 aliphatic heterocycles. The third kappa shape index (κ3) is 6.30. The number of methoxy groups -OCH3 is 1. The SMILES string of the molecule is CCc1cc(CNC(=NC)N2CCN(CC(=O)NCCOC)CC2)on1. The first-order chi connectivity index (χ1) is 12.7. The lowest BCUT2D eigenvalue weighted by atomic mass is 10.3. The Morgan fingerprint density at radius 1 is 1.35 bits per heavy atom. The molecule has 1 aromatic rings. The maximum atomic E-state index is 11.9. The topological polar surface area (TPSA) is 95.2 Å². The largest absolute Gasteiger partial charge is 0.383 e. The highest BCUT2D eigenvalue weighted by molar-refractivity contribution is 5.80. The Balaban J connectivity index is 1.72. The second-order valence-corrected chi connectivity index (χ2v) is 6.14. The third-order valence-corrected chi connectivity index (χ3v) is 4.27. The number of hydrogen-bond acceptors (Lipinski definition) is 6. The van der Waals surface area contributed by atoms with Crippen molar-refractivity contribution in [2.45, 2.75) is 19.9 Å². The molecule has 0 unspecified atom stereocenters. The van der Waals surface area contributed by atoms with Crippen LogP contribution in [0.15, 0.2) is 15.6 Å². The number of nitrogens with zero attached hydrogens (tertiary/aromatic N) is 4. The highest BCUT2D eigenvalue weighted by atomic mass is 16.5. The molecule has 2 N–H and O–H groups in total. The summed E-state index contributed by atoms with van der Waals surface area (Å²) in [5, 5.41) is 10.2. The Morgan fingerprint density at radius 3 is 2.73 bits per heavy atom. The van der Waals surface area contributed by atoms with E-state index in [1.807, 2.05) is 13.0 Å². The van der Waals surface area contributed by atoms with Crippen LogP contribution in [-0.2, 0) is 22.5 Å². The molecule has 0 bridgehead atoms. The summed E-state index contributed by atoms with van der Waals surface area (Å²) < 4.78 is 10.2. The van der Waals surface area contributed by atoms with Gasteiger partial charge in [0.25, 0.3) is 0 Å². The van der Waals surface area contributed by atoms with E-state index in [9.17, 15) is 4.79 Å². The average molecular weight is 366 g/mol. The summed E-state index contributed by atoms with van der Waals surface area (Å²) in [6, 6.07) is 1.96. The van der Waals surface area contributed by atoms with Crippen molar-refractivity contribution in [3.8, 4) is 0 Å². The van der Waals surface area contributed by atoms with Crippen molar-refractivity contribution < 1.29 is 14.1 Å². The van der Waals surface area contributed by atoms with E-state index in [4.69, 9.17) is 9.26 Å². The zero-order valence-corrected chi connectivity index (χ0v) is 16.0. The van der Waals surface area contributed by atoms with E-state index >= 15 is 0 Å². The van der Waals surface area contributed by atoms with Gasteiger partial charge < -0.3 is 24.8 Å². The average Bonchev–Trinajstić information content (AvgIpc) is 3.12. The van der Waals surface area contributed by atoms with Crippen LogP contribution < -0.4 is 10.6 Å². The summed E-state index contributed by atoms with van der Waals surface area (Å²) >= 11 is 0. The minimum atomic E-state index is 0.0371. The zero-order valence-electron chi connectivity index (χ0n) is 16.0. The molecule has 26 heavy (non-hydrogen) atoms. The van der Waals surface area contributed by atoms with Crippen LogP contribution in [0.3, 0.4) is 0 Å². The first-order valence-electron chi connectivity index (χ1n) is 9.04. The Morgan fingerprint density at radius 2 is 2.12 bits per heavy atom. The normalized spacial score (nSPS) is 16.0. The van der Waals surface area contributed by atoms with E-state index in [2.05, 4.69) is 30.6 Å². The molecule has 0 spiro atoms. The quantitative estimate of drug-likeness (QED) is 0.370. The van der Waals surface area contributed by atoms with Crippen LogP contribution in [0.4, 0.5) is 0 Å². The van der Waals surface area contributed by atoms with Gasteiger partial charge in [0, 0.05) is 52.9 Å². The second-order valence-electron chi connectivity index (χ2n) is 6.14. The summed E-state index contributed by atoms with van der Waals surface area (Å²) in [7, 11) is 3.40. The molecule has 0 atom stereocenters. The Kier molecular flexibility index (Phi) is 8.36. The number of piperazine rings is 1. The fourth-order valence-corrected chi connectivity index (χ4v) is 2.77. The lowest BCUT2D eigenvalue weighted by molar-refractivity contribution is -0.122. The summed E-state index contributed by atoms with van der Waals surface area (Å²) in [6.45, 7) is 7.39. The monoisotopic (exact) mass is 366 g/mol. The Hall–Kier alpha value is -2.13. The van der Waals surface area contributed by atoms with E-state index in [0.29, 0.717) is 26.2 Å². The molecule has 0 saturated carbocycles. The molecule has 9 nitrogen and oxygen atoms in total. The number of carbonyl (C=O) groups is 1. The first kappa shape index (κ1) is 20.2. The molecule has 1 saturated heterocycles. The zero-order chi connectivity index (χ0) is 18.8. The standard InChI is InChI=1S/C17H30N6O3/c1-4-14-11-15(26-21-14)12-20-17(18-2)23-8-6-22(7-9-23)13-16(24)19-5-10-25-3/h11H,4-10,12-13H2,1-3H3,(H,18,20)(H,19,24). The first-order valence-corrected chi connectivity index (χ1v) is 9.04. The molecule has 1 aromatic heterocycles. The van der Waals surface area contributed by atoms with E-state index in [1.54, 1.807) is 14.2 Å². The van der Waals surface area contributed by atoms with Crippen LogP contribution in [-0.4, -0.2) is 86.9 Å². The Bertz CT molecular complexity index is 581. The minimum Gasteiger partial charge on any atom is -0.383 e.